The Labute approximate surface area is 118 Å². The standard InChI is InChI=1S/C18H16S/c1-13-8-9-17(14(2)10-13)16-11-18(19-12-16)15-6-4-3-5-7-15/h3-12H,1-2H3. The summed E-state index contributed by atoms with van der Waals surface area (Å²) in [7, 11) is 0. The zero-order chi connectivity index (χ0) is 13.2. The highest BCUT2D eigenvalue weighted by atomic mass is 32.1. The molecule has 0 amide bonds. The highest BCUT2D eigenvalue weighted by Crippen LogP contribution is 2.34. The van der Waals surface area contributed by atoms with Crippen LogP contribution >= 0.6 is 11.3 Å². The van der Waals surface area contributed by atoms with Crippen molar-refractivity contribution in [2.75, 3.05) is 0 Å². The quantitative estimate of drug-likeness (QED) is 0.557. The van der Waals surface area contributed by atoms with E-state index in [0.29, 0.717) is 0 Å². The van der Waals surface area contributed by atoms with E-state index in [9.17, 15) is 0 Å². The van der Waals surface area contributed by atoms with Crippen LogP contribution in [0.1, 0.15) is 11.1 Å². The Kier molecular flexibility index (Phi) is 3.22. The lowest BCUT2D eigenvalue weighted by atomic mass is 10.0. The van der Waals surface area contributed by atoms with Crippen molar-refractivity contribution in [2.45, 2.75) is 13.8 Å². The van der Waals surface area contributed by atoms with Crippen molar-refractivity contribution in [1.82, 2.24) is 0 Å². The Morgan fingerprint density at radius 1 is 0.789 bits per heavy atom. The van der Waals surface area contributed by atoms with Gasteiger partial charge in [0.25, 0.3) is 0 Å². The molecule has 0 saturated heterocycles. The van der Waals surface area contributed by atoms with Gasteiger partial charge in [-0.05, 0) is 47.5 Å². The summed E-state index contributed by atoms with van der Waals surface area (Å²) in [6, 6.07) is 19.5. The van der Waals surface area contributed by atoms with Gasteiger partial charge in [0, 0.05) is 4.88 Å². The minimum Gasteiger partial charge on any atom is -0.143 e. The fraction of sp³-hybridized carbons (Fsp3) is 0.111. The van der Waals surface area contributed by atoms with E-state index in [1.54, 1.807) is 0 Å². The first kappa shape index (κ1) is 12.2. The lowest BCUT2D eigenvalue weighted by Crippen LogP contribution is -1.82. The van der Waals surface area contributed by atoms with E-state index >= 15 is 0 Å². The highest BCUT2D eigenvalue weighted by molar-refractivity contribution is 7.14. The molecule has 3 aromatic rings. The van der Waals surface area contributed by atoms with Gasteiger partial charge in [0.05, 0.1) is 0 Å². The van der Waals surface area contributed by atoms with Crippen LogP contribution in [0.5, 0.6) is 0 Å². The smallest absolute Gasteiger partial charge is 0.0349 e. The summed E-state index contributed by atoms with van der Waals surface area (Å²) in [6.07, 6.45) is 0. The van der Waals surface area contributed by atoms with E-state index in [-0.39, 0.29) is 0 Å². The molecule has 0 fully saturated rings. The van der Waals surface area contributed by atoms with Crippen molar-refractivity contribution in [3.8, 4) is 21.6 Å². The molecule has 0 spiro atoms. The summed E-state index contributed by atoms with van der Waals surface area (Å²) in [5.74, 6) is 0. The maximum absolute atomic E-state index is 2.29. The largest absolute Gasteiger partial charge is 0.143 e. The van der Waals surface area contributed by atoms with Gasteiger partial charge in [-0.1, -0.05) is 54.1 Å². The first-order valence-corrected chi connectivity index (χ1v) is 7.33. The first-order chi connectivity index (χ1) is 9.24. The lowest BCUT2D eigenvalue weighted by molar-refractivity contribution is 1.39. The Hall–Kier alpha value is -1.86. The molecule has 1 heterocycles. The molecule has 0 N–H and O–H groups in total. The van der Waals surface area contributed by atoms with Crippen LogP contribution in [-0.2, 0) is 0 Å². The fourth-order valence-corrected chi connectivity index (χ4v) is 3.28. The fourth-order valence-electron chi connectivity index (χ4n) is 2.37. The second kappa shape index (κ2) is 5.02. The normalized spacial score (nSPS) is 10.6. The van der Waals surface area contributed by atoms with Crippen molar-refractivity contribution in [3.63, 3.8) is 0 Å². The van der Waals surface area contributed by atoms with E-state index in [1.807, 2.05) is 11.3 Å². The number of hydrogen-bond acceptors (Lipinski definition) is 1. The van der Waals surface area contributed by atoms with Crippen LogP contribution in [0.3, 0.4) is 0 Å². The predicted octanol–water partition coefficient (Wildman–Crippen LogP) is 5.70. The molecular weight excluding hydrogens is 248 g/mol. The molecule has 0 atom stereocenters. The molecule has 0 nitrogen and oxygen atoms in total. The zero-order valence-corrected chi connectivity index (χ0v) is 12.0. The lowest BCUT2D eigenvalue weighted by Gasteiger charge is -2.04. The Morgan fingerprint density at radius 2 is 1.58 bits per heavy atom. The molecule has 1 aromatic heterocycles. The third-order valence-electron chi connectivity index (χ3n) is 3.35. The van der Waals surface area contributed by atoms with Crippen molar-refractivity contribution in [2.24, 2.45) is 0 Å². The van der Waals surface area contributed by atoms with Gasteiger partial charge < -0.3 is 0 Å². The monoisotopic (exact) mass is 264 g/mol. The van der Waals surface area contributed by atoms with E-state index in [1.165, 1.54) is 32.7 Å². The number of aryl methyl sites for hydroxylation is 2. The van der Waals surface area contributed by atoms with Crippen LogP contribution < -0.4 is 0 Å². The van der Waals surface area contributed by atoms with Gasteiger partial charge in [-0.15, -0.1) is 11.3 Å². The third kappa shape index (κ3) is 2.47. The molecule has 0 aliphatic carbocycles. The van der Waals surface area contributed by atoms with E-state index in [0.717, 1.165) is 0 Å². The van der Waals surface area contributed by atoms with Crippen LogP contribution in [0.25, 0.3) is 21.6 Å². The molecule has 94 valence electrons. The second-order valence-electron chi connectivity index (χ2n) is 4.88. The molecule has 0 radical (unpaired) electrons. The zero-order valence-electron chi connectivity index (χ0n) is 11.2. The summed E-state index contributed by atoms with van der Waals surface area (Å²) >= 11 is 1.81. The van der Waals surface area contributed by atoms with Crippen LogP contribution in [-0.4, -0.2) is 0 Å². The molecule has 2 aromatic carbocycles. The number of benzene rings is 2. The number of hydrogen-bond donors (Lipinski definition) is 0. The summed E-state index contributed by atoms with van der Waals surface area (Å²) in [5.41, 5.74) is 6.62. The molecular formula is C18H16S. The Balaban J connectivity index is 2.02. The Bertz CT molecular complexity index is 693. The SMILES string of the molecule is Cc1ccc(-c2csc(-c3ccccc3)c2)c(C)c1. The highest BCUT2D eigenvalue weighted by Gasteiger charge is 2.06. The van der Waals surface area contributed by atoms with E-state index in [4.69, 9.17) is 0 Å². The van der Waals surface area contributed by atoms with Crippen molar-refractivity contribution < 1.29 is 0 Å². The minimum atomic E-state index is 1.29. The van der Waals surface area contributed by atoms with Gasteiger partial charge in [-0.3, -0.25) is 0 Å². The molecule has 19 heavy (non-hydrogen) atoms. The van der Waals surface area contributed by atoms with Crippen molar-refractivity contribution in [3.05, 3.63) is 71.1 Å². The van der Waals surface area contributed by atoms with E-state index < -0.39 is 0 Å². The number of thiophene rings is 1. The summed E-state index contributed by atoms with van der Waals surface area (Å²) in [4.78, 5) is 1.33. The second-order valence-corrected chi connectivity index (χ2v) is 5.80. The van der Waals surface area contributed by atoms with Crippen LogP contribution in [0.2, 0.25) is 0 Å². The van der Waals surface area contributed by atoms with Crippen molar-refractivity contribution in [1.29, 1.82) is 0 Å². The summed E-state index contributed by atoms with van der Waals surface area (Å²) in [6.45, 7) is 4.32. The molecule has 0 aliphatic heterocycles. The molecule has 0 aliphatic rings. The summed E-state index contributed by atoms with van der Waals surface area (Å²) in [5, 5.41) is 2.25. The molecule has 0 saturated carbocycles. The average molecular weight is 264 g/mol. The van der Waals surface area contributed by atoms with Gasteiger partial charge in [-0.25, -0.2) is 0 Å². The van der Waals surface area contributed by atoms with Gasteiger partial charge in [0.1, 0.15) is 0 Å². The Morgan fingerprint density at radius 3 is 2.32 bits per heavy atom. The van der Waals surface area contributed by atoms with Gasteiger partial charge in [0.2, 0.25) is 0 Å². The van der Waals surface area contributed by atoms with Gasteiger partial charge >= 0.3 is 0 Å². The first-order valence-electron chi connectivity index (χ1n) is 6.45. The van der Waals surface area contributed by atoms with Crippen LogP contribution in [0, 0.1) is 13.8 Å². The topological polar surface area (TPSA) is 0 Å². The molecule has 3 rings (SSSR count). The molecule has 0 unspecified atom stereocenters. The van der Waals surface area contributed by atoms with Gasteiger partial charge in [-0.2, -0.15) is 0 Å². The number of rotatable bonds is 2. The molecule has 0 bridgehead atoms. The third-order valence-corrected chi connectivity index (χ3v) is 4.33. The average Bonchev–Trinajstić information content (AvgIpc) is 2.89. The molecule has 1 heteroatoms. The van der Waals surface area contributed by atoms with Crippen molar-refractivity contribution >= 4 is 11.3 Å². The predicted molar refractivity (Wildman–Crippen MR) is 84.7 cm³/mol. The minimum absolute atomic E-state index is 1.29. The summed E-state index contributed by atoms with van der Waals surface area (Å²) < 4.78 is 0. The van der Waals surface area contributed by atoms with Crippen LogP contribution in [0.4, 0.5) is 0 Å². The maximum atomic E-state index is 2.29. The maximum Gasteiger partial charge on any atom is 0.0349 e. The van der Waals surface area contributed by atoms with Gasteiger partial charge in [0.15, 0.2) is 0 Å². The van der Waals surface area contributed by atoms with E-state index in [2.05, 4.69) is 73.8 Å². The van der Waals surface area contributed by atoms with Crippen LogP contribution in [0.15, 0.2) is 60.0 Å².